The number of nitrogens with zero attached hydrogens (tertiary/aromatic N) is 4. The van der Waals surface area contributed by atoms with Crippen LogP contribution in [0.2, 0.25) is 0 Å². The van der Waals surface area contributed by atoms with Gasteiger partial charge in [0.25, 0.3) is 0 Å². The van der Waals surface area contributed by atoms with Gasteiger partial charge < -0.3 is 0 Å². The molecule has 0 saturated carbocycles. The molecule has 0 saturated heterocycles. The predicted molar refractivity (Wildman–Crippen MR) is 105 cm³/mol. The molecule has 4 nitrogen and oxygen atoms in total. The summed E-state index contributed by atoms with van der Waals surface area (Å²) in [6.45, 7) is 6.27. The lowest BCUT2D eigenvalue weighted by Crippen LogP contribution is -1.86. The summed E-state index contributed by atoms with van der Waals surface area (Å²) in [5.74, 6) is 0.750. The summed E-state index contributed by atoms with van der Waals surface area (Å²) in [5.41, 5.74) is 7.19. The Morgan fingerprint density at radius 1 is 0.808 bits per heavy atom. The molecule has 4 aromatic rings. The van der Waals surface area contributed by atoms with E-state index < -0.39 is 0 Å². The fourth-order valence-electron chi connectivity index (χ4n) is 3.09. The maximum absolute atomic E-state index is 4.84. The average Bonchev–Trinajstić information content (AvgIpc) is 2.98. The van der Waals surface area contributed by atoms with Crippen LogP contribution >= 0.6 is 0 Å². The van der Waals surface area contributed by atoms with Crippen LogP contribution in [0.3, 0.4) is 0 Å². The van der Waals surface area contributed by atoms with Crippen molar-refractivity contribution in [2.45, 2.75) is 20.8 Å². The van der Waals surface area contributed by atoms with Crippen molar-refractivity contribution < 1.29 is 0 Å². The average molecular weight is 340 g/mol. The first-order chi connectivity index (χ1) is 12.6. The quantitative estimate of drug-likeness (QED) is 0.401. The van der Waals surface area contributed by atoms with Gasteiger partial charge in [-0.1, -0.05) is 48.0 Å². The van der Waals surface area contributed by atoms with Crippen LogP contribution in [0.5, 0.6) is 0 Å². The van der Waals surface area contributed by atoms with Gasteiger partial charge in [-0.15, -0.1) is 10.2 Å². The molecule has 0 aliphatic heterocycles. The Morgan fingerprint density at radius 2 is 1.58 bits per heavy atom. The van der Waals surface area contributed by atoms with Crippen LogP contribution in [-0.2, 0) is 0 Å². The van der Waals surface area contributed by atoms with Crippen LogP contribution in [-0.4, -0.2) is 9.38 Å². The minimum absolute atomic E-state index is 0.750. The van der Waals surface area contributed by atoms with Gasteiger partial charge >= 0.3 is 0 Å². The molecule has 0 unspecified atom stereocenters. The molecule has 2 aromatic heterocycles. The van der Waals surface area contributed by atoms with E-state index >= 15 is 0 Å². The minimum Gasteiger partial charge on any atom is -0.282 e. The van der Waals surface area contributed by atoms with Crippen molar-refractivity contribution in [1.82, 2.24) is 9.38 Å². The molecule has 2 aromatic carbocycles. The normalized spacial score (nSPS) is 11.5. The molecule has 0 aliphatic rings. The topological polar surface area (TPSA) is 42.0 Å². The van der Waals surface area contributed by atoms with E-state index in [4.69, 9.17) is 4.98 Å². The molecule has 0 N–H and O–H groups in total. The summed E-state index contributed by atoms with van der Waals surface area (Å²) in [7, 11) is 0. The van der Waals surface area contributed by atoms with Gasteiger partial charge in [0.2, 0.25) is 0 Å². The van der Waals surface area contributed by atoms with Crippen molar-refractivity contribution in [2.75, 3.05) is 0 Å². The van der Waals surface area contributed by atoms with Crippen molar-refractivity contribution in [3.63, 3.8) is 0 Å². The zero-order valence-corrected chi connectivity index (χ0v) is 15.1. The van der Waals surface area contributed by atoms with Gasteiger partial charge in [-0.25, -0.2) is 4.98 Å². The van der Waals surface area contributed by atoms with Gasteiger partial charge in [0.05, 0.1) is 5.69 Å². The van der Waals surface area contributed by atoms with Gasteiger partial charge in [0, 0.05) is 11.8 Å². The zero-order chi connectivity index (χ0) is 18.1. The monoisotopic (exact) mass is 340 g/mol. The fraction of sp³-hybridized carbons (Fsp3) is 0.136. The lowest BCUT2D eigenvalue weighted by molar-refractivity contribution is 1.09. The van der Waals surface area contributed by atoms with Crippen LogP contribution in [0.4, 0.5) is 11.5 Å². The van der Waals surface area contributed by atoms with E-state index in [-0.39, 0.29) is 0 Å². The van der Waals surface area contributed by atoms with Crippen LogP contribution < -0.4 is 0 Å². The van der Waals surface area contributed by atoms with E-state index in [9.17, 15) is 0 Å². The third-order valence-corrected chi connectivity index (χ3v) is 4.39. The fourth-order valence-corrected chi connectivity index (χ4v) is 3.09. The maximum atomic E-state index is 4.84. The second-order valence-corrected chi connectivity index (χ2v) is 6.57. The molecule has 0 bridgehead atoms. The van der Waals surface area contributed by atoms with Gasteiger partial charge in [-0.05, 0) is 50.1 Å². The molecule has 128 valence electrons. The molecule has 4 heteroatoms. The Kier molecular flexibility index (Phi) is 4.09. The van der Waals surface area contributed by atoms with E-state index in [0.29, 0.717) is 0 Å². The highest BCUT2D eigenvalue weighted by atomic mass is 15.2. The highest BCUT2D eigenvalue weighted by Gasteiger charge is 2.16. The Hall–Kier alpha value is -3.27. The van der Waals surface area contributed by atoms with Gasteiger partial charge in [-0.2, -0.15) is 0 Å². The van der Waals surface area contributed by atoms with Crippen molar-refractivity contribution in [3.05, 3.63) is 83.6 Å². The first kappa shape index (κ1) is 16.2. The van der Waals surface area contributed by atoms with Crippen LogP contribution in [0.1, 0.15) is 16.7 Å². The summed E-state index contributed by atoms with van der Waals surface area (Å²) in [5, 5.41) is 9.00. The second kappa shape index (κ2) is 6.56. The Morgan fingerprint density at radius 3 is 2.35 bits per heavy atom. The van der Waals surface area contributed by atoms with E-state index in [1.807, 2.05) is 40.8 Å². The minimum atomic E-state index is 0.750. The van der Waals surface area contributed by atoms with E-state index in [1.54, 1.807) is 0 Å². The highest BCUT2D eigenvalue weighted by molar-refractivity contribution is 5.77. The summed E-state index contributed by atoms with van der Waals surface area (Å²) in [6.07, 6.45) is 2.05. The molecule has 2 heterocycles. The molecule has 0 fully saturated rings. The predicted octanol–water partition coefficient (Wildman–Crippen LogP) is 6.34. The summed E-state index contributed by atoms with van der Waals surface area (Å²) in [6, 6.07) is 20.2. The number of fused-ring (bicyclic) bond motifs is 1. The number of pyridine rings is 1. The number of imidazole rings is 1. The van der Waals surface area contributed by atoms with E-state index in [1.165, 1.54) is 11.1 Å². The number of aryl methyl sites for hydroxylation is 3. The van der Waals surface area contributed by atoms with Gasteiger partial charge in [0.15, 0.2) is 5.82 Å². The Labute approximate surface area is 152 Å². The molecular formula is C22H20N4. The zero-order valence-electron chi connectivity index (χ0n) is 15.1. The largest absolute Gasteiger partial charge is 0.282 e. The van der Waals surface area contributed by atoms with E-state index in [0.717, 1.165) is 34.0 Å². The third kappa shape index (κ3) is 3.02. The molecule has 0 radical (unpaired) electrons. The van der Waals surface area contributed by atoms with Gasteiger partial charge in [-0.3, -0.25) is 4.40 Å². The summed E-state index contributed by atoms with van der Waals surface area (Å²) < 4.78 is 2.01. The van der Waals surface area contributed by atoms with Crippen LogP contribution in [0.25, 0.3) is 16.9 Å². The second-order valence-electron chi connectivity index (χ2n) is 6.57. The van der Waals surface area contributed by atoms with Gasteiger partial charge in [0.1, 0.15) is 11.3 Å². The van der Waals surface area contributed by atoms with Crippen LogP contribution in [0.15, 0.2) is 77.1 Å². The van der Waals surface area contributed by atoms with Crippen molar-refractivity contribution in [3.8, 4) is 11.3 Å². The first-order valence-corrected chi connectivity index (χ1v) is 8.65. The number of aromatic nitrogens is 2. The van der Waals surface area contributed by atoms with Crippen molar-refractivity contribution >= 4 is 17.2 Å². The Bertz CT molecular complexity index is 1110. The summed E-state index contributed by atoms with van der Waals surface area (Å²) >= 11 is 0. The lowest BCUT2D eigenvalue weighted by atomic mass is 10.0. The first-order valence-electron chi connectivity index (χ1n) is 8.65. The molecule has 0 aliphatic carbocycles. The molecule has 4 rings (SSSR count). The highest BCUT2D eigenvalue weighted by Crippen LogP contribution is 2.34. The number of hydrogen-bond acceptors (Lipinski definition) is 3. The van der Waals surface area contributed by atoms with Crippen molar-refractivity contribution in [1.29, 1.82) is 0 Å². The SMILES string of the molecule is Cc1ccc(-c2nc3ccc(C)cn3c2N=Nc2ccccc2)c(C)c1. The molecule has 26 heavy (non-hydrogen) atoms. The third-order valence-electron chi connectivity index (χ3n) is 4.39. The molecule has 0 amide bonds. The molecular weight excluding hydrogens is 320 g/mol. The smallest absolute Gasteiger partial charge is 0.187 e. The number of benzene rings is 2. The molecule has 0 atom stereocenters. The number of azo groups is 1. The van der Waals surface area contributed by atoms with E-state index in [2.05, 4.69) is 61.5 Å². The lowest BCUT2D eigenvalue weighted by Gasteiger charge is -2.05. The number of hydrogen-bond donors (Lipinski definition) is 0. The van der Waals surface area contributed by atoms with Crippen molar-refractivity contribution in [2.24, 2.45) is 10.2 Å². The molecule has 0 spiro atoms. The standard InChI is InChI=1S/C22H20N4/c1-15-9-11-19(17(3)13-15)21-22(25-24-18-7-5-4-6-8-18)26-14-16(2)10-12-20(26)23-21/h4-14H,1-3H3. The van der Waals surface area contributed by atoms with Crippen LogP contribution in [0, 0.1) is 20.8 Å². The maximum Gasteiger partial charge on any atom is 0.187 e. The number of rotatable bonds is 3. The Balaban J connectivity index is 1.93. The summed E-state index contributed by atoms with van der Waals surface area (Å²) in [4.78, 5) is 4.84.